The predicted octanol–water partition coefficient (Wildman–Crippen LogP) is 3.73. The third kappa shape index (κ3) is 4.52. The fourth-order valence-electron chi connectivity index (χ4n) is 2.18. The van der Waals surface area contributed by atoms with Gasteiger partial charge in [0, 0.05) is 18.6 Å². The smallest absolute Gasteiger partial charge is 0.406 e. The molecular weight excluding hydrogens is 273 g/mol. The maximum Gasteiger partial charge on any atom is 0.573 e. The van der Waals surface area contributed by atoms with Gasteiger partial charge in [-0.1, -0.05) is 12.1 Å². The van der Waals surface area contributed by atoms with Crippen molar-refractivity contribution in [1.29, 1.82) is 0 Å². The molecule has 0 saturated carbocycles. The Morgan fingerprint density at radius 3 is 2.85 bits per heavy atom. The van der Waals surface area contributed by atoms with E-state index in [9.17, 15) is 18.0 Å². The van der Waals surface area contributed by atoms with Crippen LogP contribution in [0.5, 0.6) is 5.75 Å². The Bertz CT molecular complexity index is 465. The van der Waals surface area contributed by atoms with E-state index in [0.29, 0.717) is 13.0 Å². The lowest BCUT2D eigenvalue weighted by Gasteiger charge is -2.10. The lowest BCUT2D eigenvalue weighted by molar-refractivity contribution is -0.274. The Labute approximate surface area is 114 Å². The van der Waals surface area contributed by atoms with Gasteiger partial charge in [0.05, 0.1) is 6.10 Å². The molecule has 1 unspecified atom stereocenters. The van der Waals surface area contributed by atoms with Gasteiger partial charge in [-0.15, -0.1) is 13.2 Å². The number of hydrogen-bond donors (Lipinski definition) is 0. The van der Waals surface area contributed by atoms with Crippen molar-refractivity contribution in [2.75, 3.05) is 6.61 Å². The van der Waals surface area contributed by atoms with E-state index >= 15 is 0 Å². The SMILES string of the molecule is O=C(CCC1CCCO1)c1cccc(OC(F)(F)F)c1. The van der Waals surface area contributed by atoms with E-state index in [-0.39, 0.29) is 29.6 Å². The summed E-state index contributed by atoms with van der Waals surface area (Å²) in [5.41, 5.74) is 0.227. The molecule has 0 aliphatic carbocycles. The van der Waals surface area contributed by atoms with Gasteiger partial charge >= 0.3 is 6.36 Å². The Morgan fingerprint density at radius 1 is 1.40 bits per heavy atom. The summed E-state index contributed by atoms with van der Waals surface area (Å²) in [6, 6.07) is 5.15. The first-order valence-corrected chi connectivity index (χ1v) is 6.45. The molecule has 6 heteroatoms. The summed E-state index contributed by atoms with van der Waals surface area (Å²) >= 11 is 0. The third-order valence-electron chi connectivity index (χ3n) is 3.11. The second-order valence-electron chi connectivity index (χ2n) is 4.67. The highest BCUT2D eigenvalue weighted by Gasteiger charge is 2.31. The minimum absolute atomic E-state index is 0.0913. The fourth-order valence-corrected chi connectivity index (χ4v) is 2.18. The van der Waals surface area contributed by atoms with Crippen molar-refractivity contribution in [2.45, 2.75) is 38.1 Å². The highest BCUT2D eigenvalue weighted by atomic mass is 19.4. The number of rotatable bonds is 5. The molecule has 20 heavy (non-hydrogen) atoms. The molecule has 0 aromatic heterocycles. The van der Waals surface area contributed by atoms with E-state index < -0.39 is 6.36 Å². The molecule has 1 aromatic carbocycles. The van der Waals surface area contributed by atoms with E-state index in [1.54, 1.807) is 0 Å². The van der Waals surface area contributed by atoms with Crippen molar-refractivity contribution in [3.05, 3.63) is 29.8 Å². The van der Waals surface area contributed by atoms with Crippen LogP contribution in [0, 0.1) is 0 Å². The number of Topliss-reactive ketones (excluding diaryl/α,β-unsaturated/α-hetero) is 1. The van der Waals surface area contributed by atoms with Crippen LogP contribution in [0.25, 0.3) is 0 Å². The zero-order valence-corrected chi connectivity index (χ0v) is 10.8. The first-order valence-electron chi connectivity index (χ1n) is 6.45. The number of ether oxygens (including phenoxy) is 2. The van der Waals surface area contributed by atoms with Crippen molar-refractivity contribution in [3.8, 4) is 5.75 Å². The molecule has 1 atom stereocenters. The molecule has 1 saturated heterocycles. The highest BCUT2D eigenvalue weighted by Crippen LogP contribution is 2.24. The number of hydrogen-bond acceptors (Lipinski definition) is 3. The molecule has 1 aromatic rings. The molecular formula is C14H15F3O3. The molecule has 0 spiro atoms. The summed E-state index contributed by atoms with van der Waals surface area (Å²) in [6.45, 7) is 0.716. The molecule has 1 heterocycles. The summed E-state index contributed by atoms with van der Waals surface area (Å²) in [5, 5.41) is 0. The van der Waals surface area contributed by atoms with Crippen LogP contribution in [0.1, 0.15) is 36.0 Å². The monoisotopic (exact) mass is 288 g/mol. The van der Waals surface area contributed by atoms with Crippen molar-refractivity contribution < 1.29 is 27.4 Å². The molecule has 2 rings (SSSR count). The first-order chi connectivity index (χ1) is 9.44. The largest absolute Gasteiger partial charge is 0.573 e. The minimum Gasteiger partial charge on any atom is -0.406 e. The van der Waals surface area contributed by atoms with Gasteiger partial charge in [-0.25, -0.2) is 0 Å². The van der Waals surface area contributed by atoms with Crippen molar-refractivity contribution >= 4 is 5.78 Å². The van der Waals surface area contributed by atoms with Crippen LogP contribution in [0.15, 0.2) is 24.3 Å². The Morgan fingerprint density at radius 2 is 2.20 bits per heavy atom. The highest BCUT2D eigenvalue weighted by molar-refractivity contribution is 5.96. The van der Waals surface area contributed by atoms with Crippen LogP contribution < -0.4 is 4.74 Å². The van der Waals surface area contributed by atoms with Gasteiger partial charge in [0.25, 0.3) is 0 Å². The van der Waals surface area contributed by atoms with Gasteiger partial charge in [-0.05, 0) is 31.4 Å². The van der Waals surface area contributed by atoms with Crippen molar-refractivity contribution in [3.63, 3.8) is 0 Å². The van der Waals surface area contributed by atoms with Crippen molar-refractivity contribution in [1.82, 2.24) is 0 Å². The topological polar surface area (TPSA) is 35.5 Å². The van der Waals surface area contributed by atoms with Crippen molar-refractivity contribution in [2.24, 2.45) is 0 Å². The standard InChI is InChI=1S/C14H15F3O3/c15-14(16,17)20-12-4-1-3-10(9-12)13(18)7-6-11-5-2-8-19-11/h1,3-4,9,11H,2,5-8H2. The molecule has 0 bridgehead atoms. The van der Waals surface area contributed by atoms with E-state index in [1.165, 1.54) is 18.2 Å². The van der Waals surface area contributed by atoms with E-state index in [4.69, 9.17) is 4.74 Å². The quantitative estimate of drug-likeness (QED) is 0.774. The normalized spacial score (nSPS) is 19.1. The second-order valence-corrected chi connectivity index (χ2v) is 4.67. The van der Waals surface area contributed by atoms with E-state index in [1.807, 2.05) is 0 Å². The number of carbonyl (C=O) groups excluding carboxylic acids is 1. The second kappa shape index (κ2) is 6.26. The zero-order valence-electron chi connectivity index (χ0n) is 10.8. The van der Waals surface area contributed by atoms with Crippen LogP contribution in [0.2, 0.25) is 0 Å². The first kappa shape index (κ1) is 14.8. The van der Waals surface area contributed by atoms with Gasteiger partial charge in [-0.3, -0.25) is 4.79 Å². The van der Waals surface area contributed by atoms with Crippen LogP contribution in [-0.2, 0) is 4.74 Å². The maximum absolute atomic E-state index is 12.1. The molecule has 1 aliphatic heterocycles. The number of benzene rings is 1. The maximum atomic E-state index is 12.1. The summed E-state index contributed by atoms with van der Waals surface area (Å²) in [7, 11) is 0. The molecule has 110 valence electrons. The van der Waals surface area contributed by atoms with Gasteiger partial charge in [0.1, 0.15) is 5.75 Å². The average molecular weight is 288 g/mol. The zero-order chi connectivity index (χ0) is 14.6. The summed E-state index contributed by atoms with van der Waals surface area (Å²) in [6.07, 6.45) is -1.87. The Hall–Kier alpha value is -1.56. The summed E-state index contributed by atoms with van der Waals surface area (Å²) in [4.78, 5) is 11.9. The fraction of sp³-hybridized carbons (Fsp3) is 0.500. The summed E-state index contributed by atoms with van der Waals surface area (Å²) in [5.74, 6) is -0.575. The predicted molar refractivity (Wildman–Crippen MR) is 65.7 cm³/mol. The lowest BCUT2D eigenvalue weighted by Crippen LogP contribution is -2.17. The summed E-state index contributed by atoms with van der Waals surface area (Å²) < 4.78 is 45.5. The molecule has 0 amide bonds. The van der Waals surface area contributed by atoms with E-state index in [2.05, 4.69) is 4.74 Å². The molecule has 3 nitrogen and oxygen atoms in total. The molecule has 0 radical (unpaired) electrons. The lowest BCUT2D eigenvalue weighted by atomic mass is 10.0. The number of ketones is 1. The molecule has 1 aliphatic rings. The molecule has 1 fully saturated rings. The van der Waals surface area contributed by atoms with Gasteiger partial charge < -0.3 is 9.47 Å². The van der Waals surface area contributed by atoms with Gasteiger partial charge in [0.15, 0.2) is 5.78 Å². The van der Waals surface area contributed by atoms with Crippen LogP contribution in [-0.4, -0.2) is 24.9 Å². The Balaban J connectivity index is 1.93. The van der Waals surface area contributed by atoms with Gasteiger partial charge in [-0.2, -0.15) is 0 Å². The van der Waals surface area contributed by atoms with Crippen LogP contribution >= 0.6 is 0 Å². The van der Waals surface area contributed by atoms with Crippen LogP contribution in [0.4, 0.5) is 13.2 Å². The average Bonchev–Trinajstić information content (AvgIpc) is 2.87. The number of carbonyl (C=O) groups is 1. The molecule has 0 N–H and O–H groups in total. The Kier molecular flexibility index (Phi) is 4.65. The minimum atomic E-state index is -4.75. The third-order valence-corrected chi connectivity index (χ3v) is 3.11. The number of alkyl halides is 3. The number of halogens is 3. The van der Waals surface area contributed by atoms with E-state index in [0.717, 1.165) is 18.9 Å². The van der Waals surface area contributed by atoms with Crippen LogP contribution in [0.3, 0.4) is 0 Å². The van der Waals surface area contributed by atoms with Gasteiger partial charge in [0.2, 0.25) is 0 Å².